The lowest BCUT2D eigenvalue weighted by atomic mass is 10.1. The second-order valence-corrected chi connectivity index (χ2v) is 8.69. The summed E-state index contributed by atoms with van der Waals surface area (Å²) in [6, 6.07) is 8.14. The van der Waals surface area contributed by atoms with Gasteiger partial charge in [0.15, 0.2) is 11.5 Å². The topological polar surface area (TPSA) is 137 Å². The zero-order valence-corrected chi connectivity index (χ0v) is 19.1. The van der Waals surface area contributed by atoms with Crippen LogP contribution in [0.15, 0.2) is 36.4 Å². The third-order valence-electron chi connectivity index (χ3n) is 4.61. The van der Waals surface area contributed by atoms with Crippen LogP contribution in [-0.4, -0.2) is 53.4 Å². The second kappa shape index (κ2) is 10.2. The van der Waals surface area contributed by atoms with E-state index >= 15 is 0 Å². The van der Waals surface area contributed by atoms with Gasteiger partial charge in [-0.3, -0.25) is 19.2 Å². The fourth-order valence-electron chi connectivity index (χ4n) is 2.99. The van der Waals surface area contributed by atoms with Crippen molar-refractivity contribution in [2.24, 2.45) is 0 Å². The Morgan fingerprint density at radius 1 is 1.06 bits per heavy atom. The maximum absolute atomic E-state index is 12.7. The molecule has 2 rings (SSSR count). The zero-order chi connectivity index (χ0) is 24.1. The number of nitrogens with one attached hydrogen (secondary N) is 1. The third kappa shape index (κ3) is 5.78. The molecule has 0 aromatic heterocycles. The third-order valence-corrected chi connectivity index (χ3v) is 5.74. The Morgan fingerprint density at radius 3 is 2.19 bits per heavy atom. The average molecular weight is 468 g/mol. The number of nitrogens with zero attached hydrogens (tertiary/aromatic N) is 2. The lowest BCUT2D eigenvalue weighted by Gasteiger charge is -2.24. The predicted octanol–water partition coefficient (Wildman–Crippen LogP) is 2.26. The number of methoxy groups -OCH3 is 3. The minimum absolute atomic E-state index is 0.0711. The number of non-ortho nitro benzene ring substituents is 1. The van der Waals surface area contributed by atoms with Crippen LogP contribution in [0.4, 0.5) is 11.4 Å². The van der Waals surface area contributed by atoms with Gasteiger partial charge in [-0.2, -0.15) is 0 Å². The number of nitro benzene ring substituents is 1. The number of ether oxygens (including phenoxy) is 3. The average Bonchev–Trinajstić information content (AvgIpc) is 2.75. The Hall–Kier alpha value is -3.54. The van der Waals surface area contributed by atoms with Gasteiger partial charge in [-0.05, 0) is 30.7 Å². The first-order valence-electron chi connectivity index (χ1n) is 9.33. The number of anilines is 1. The molecule has 1 atom stereocenters. The molecule has 0 aliphatic heterocycles. The highest BCUT2D eigenvalue weighted by Gasteiger charge is 2.27. The quantitative estimate of drug-likeness (QED) is 0.415. The number of hydrogen-bond acceptors (Lipinski definition) is 8. The lowest BCUT2D eigenvalue weighted by molar-refractivity contribution is -0.384. The Bertz CT molecular complexity index is 1100. The minimum atomic E-state index is -3.97. The molecule has 0 bridgehead atoms. The van der Waals surface area contributed by atoms with Crippen LogP contribution < -0.4 is 23.8 Å². The number of nitro groups is 1. The maximum Gasteiger partial charge on any atom is 0.271 e. The van der Waals surface area contributed by atoms with Crippen LogP contribution in [0.5, 0.6) is 17.2 Å². The van der Waals surface area contributed by atoms with Gasteiger partial charge >= 0.3 is 0 Å². The number of amides is 1. The summed E-state index contributed by atoms with van der Waals surface area (Å²) in [6.45, 7) is 1.12. The van der Waals surface area contributed by atoms with Crippen molar-refractivity contribution in [3.63, 3.8) is 0 Å². The molecular formula is C20H25N3O8S. The van der Waals surface area contributed by atoms with Crippen LogP contribution in [0, 0.1) is 10.1 Å². The lowest BCUT2D eigenvalue weighted by Crippen LogP contribution is -2.41. The molecule has 0 spiro atoms. The Balaban J connectivity index is 2.30. The molecule has 1 amide bonds. The molecule has 0 saturated carbocycles. The molecule has 32 heavy (non-hydrogen) atoms. The molecule has 0 heterocycles. The van der Waals surface area contributed by atoms with Crippen molar-refractivity contribution in [3.05, 3.63) is 52.1 Å². The molecule has 174 valence electrons. The number of carbonyl (C=O) groups is 1. The highest BCUT2D eigenvalue weighted by atomic mass is 32.2. The van der Waals surface area contributed by atoms with Gasteiger partial charge in [0.05, 0.1) is 38.6 Å². The summed E-state index contributed by atoms with van der Waals surface area (Å²) >= 11 is 0. The Kier molecular flexibility index (Phi) is 7.87. The molecule has 2 aromatic rings. The summed E-state index contributed by atoms with van der Waals surface area (Å²) in [6.07, 6.45) is 0.899. The summed E-state index contributed by atoms with van der Waals surface area (Å²) in [5, 5.41) is 13.9. The van der Waals surface area contributed by atoms with Gasteiger partial charge in [-0.15, -0.1) is 0 Å². The monoisotopic (exact) mass is 467 g/mol. The first-order chi connectivity index (χ1) is 15.0. The number of sulfonamides is 1. The summed E-state index contributed by atoms with van der Waals surface area (Å²) in [4.78, 5) is 23.2. The first-order valence-corrected chi connectivity index (χ1v) is 11.2. The van der Waals surface area contributed by atoms with Gasteiger partial charge < -0.3 is 19.5 Å². The zero-order valence-electron chi connectivity index (χ0n) is 18.3. The standard InChI is InChI=1S/C20H25N3O8S/c1-13(14-6-8-18(30-3)19(10-14)31-4)21-20(24)12-22(32(5,27)28)16-11-15(23(25)26)7-9-17(16)29-2/h6-11,13H,12H2,1-5H3,(H,21,24)/t13-/m1/s1. The van der Waals surface area contributed by atoms with Crippen LogP contribution in [0.3, 0.4) is 0 Å². The summed E-state index contributed by atoms with van der Waals surface area (Å²) in [5.74, 6) is 0.453. The van der Waals surface area contributed by atoms with Crippen molar-refractivity contribution in [2.45, 2.75) is 13.0 Å². The fraction of sp³-hybridized carbons (Fsp3) is 0.350. The largest absolute Gasteiger partial charge is 0.495 e. The van der Waals surface area contributed by atoms with Crippen molar-refractivity contribution in [1.82, 2.24) is 5.32 Å². The number of rotatable bonds is 10. The van der Waals surface area contributed by atoms with Gasteiger partial charge in [0.2, 0.25) is 15.9 Å². The molecule has 0 aliphatic rings. The maximum atomic E-state index is 12.7. The fourth-order valence-corrected chi connectivity index (χ4v) is 3.84. The molecule has 0 saturated heterocycles. The summed E-state index contributed by atoms with van der Waals surface area (Å²) < 4.78 is 41.2. The van der Waals surface area contributed by atoms with E-state index in [0.717, 1.165) is 16.6 Å². The van der Waals surface area contributed by atoms with Crippen molar-refractivity contribution in [3.8, 4) is 17.2 Å². The molecule has 0 unspecified atom stereocenters. The molecule has 0 radical (unpaired) electrons. The van der Waals surface area contributed by atoms with Crippen LogP contribution in [0.2, 0.25) is 0 Å². The van der Waals surface area contributed by atoms with E-state index in [1.54, 1.807) is 25.1 Å². The van der Waals surface area contributed by atoms with Crippen LogP contribution in [-0.2, 0) is 14.8 Å². The van der Waals surface area contributed by atoms with Crippen LogP contribution in [0.25, 0.3) is 0 Å². The summed E-state index contributed by atoms with van der Waals surface area (Å²) in [5.41, 5.74) is 0.251. The highest BCUT2D eigenvalue weighted by molar-refractivity contribution is 7.92. The Morgan fingerprint density at radius 2 is 1.66 bits per heavy atom. The van der Waals surface area contributed by atoms with E-state index in [9.17, 15) is 23.3 Å². The van der Waals surface area contributed by atoms with Gasteiger partial charge in [0.25, 0.3) is 5.69 Å². The first kappa shape index (κ1) is 24.7. The predicted molar refractivity (Wildman–Crippen MR) is 118 cm³/mol. The highest BCUT2D eigenvalue weighted by Crippen LogP contribution is 2.34. The van der Waals surface area contributed by atoms with E-state index in [2.05, 4.69) is 5.32 Å². The van der Waals surface area contributed by atoms with Gasteiger partial charge in [-0.1, -0.05) is 6.07 Å². The molecule has 2 aromatic carbocycles. The molecular weight excluding hydrogens is 442 g/mol. The molecule has 12 heteroatoms. The van der Waals surface area contributed by atoms with E-state index < -0.39 is 33.4 Å². The molecule has 0 fully saturated rings. The van der Waals surface area contributed by atoms with E-state index in [1.807, 2.05) is 0 Å². The van der Waals surface area contributed by atoms with Gasteiger partial charge in [-0.25, -0.2) is 8.42 Å². The van der Waals surface area contributed by atoms with E-state index in [0.29, 0.717) is 17.1 Å². The van der Waals surface area contributed by atoms with E-state index in [4.69, 9.17) is 14.2 Å². The van der Waals surface area contributed by atoms with Crippen molar-refractivity contribution in [1.29, 1.82) is 0 Å². The van der Waals surface area contributed by atoms with E-state index in [-0.39, 0.29) is 17.1 Å². The molecule has 1 N–H and O–H groups in total. The smallest absolute Gasteiger partial charge is 0.271 e. The number of carbonyl (C=O) groups excluding carboxylic acids is 1. The SMILES string of the molecule is COc1ccc([C@@H](C)NC(=O)CN(c2cc([N+](=O)[O-])ccc2OC)S(C)(=O)=O)cc1OC. The minimum Gasteiger partial charge on any atom is -0.495 e. The van der Waals surface area contributed by atoms with E-state index in [1.165, 1.54) is 33.5 Å². The van der Waals surface area contributed by atoms with Crippen LogP contribution >= 0.6 is 0 Å². The van der Waals surface area contributed by atoms with Crippen LogP contribution in [0.1, 0.15) is 18.5 Å². The molecule has 11 nitrogen and oxygen atoms in total. The van der Waals surface area contributed by atoms with Crippen molar-refractivity contribution in [2.75, 3.05) is 38.4 Å². The van der Waals surface area contributed by atoms with Crippen molar-refractivity contribution < 1.29 is 32.3 Å². The summed E-state index contributed by atoms with van der Waals surface area (Å²) in [7, 11) is 0.313. The Labute approximate surface area is 186 Å². The van der Waals surface area contributed by atoms with Gasteiger partial charge in [0, 0.05) is 12.1 Å². The second-order valence-electron chi connectivity index (χ2n) is 6.79. The number of benzene rings is 2. The normalized spacial score (nSPS) is 11.9. The van der Waals surface area contributed by atoms with Gasteiger partial charge in [0.1, 0.15) is 18.0 Å². The van der Waals surface area contributed by atoms with Crippen molar-refractivity contribution >= 4 is 27.3 Å². The molecule has 0 aliphatic carbocycles. The number of hydrogen-bond donors (Lipinski definition) is 1.